The fourth-order valence-corrected chi connectivity index (χ4v) is 2.38. The zero-order valence-electron chi connectivity index (χ0n) is 11.1. The highest BCUT2D eigenvalue weighted by Gasteiger charge is 2.08. The van der Waals surface area contributed by atoms with Crippen molar-refractivity contribution in [1.82, 2.24) is 4.98 Å². The number of carbonyl (C=O) groups excluding carboxylic acids is 1. The van der Waals surface area contributed by atoms with E-state index in [0.717, 1.165) is 22.8 Å². The Morgan fingerprint density at radius 2 is 2.05 bits per heavy atom. The second kappa shape index (κ2) is 5.94. The molecule has 3 rings (SSSR count). The van der Waals surface area contributed by atoms with E-state index < -0.39 is 0 Å². The topological polar surface area (TPSA) is 39.2 Å². The van der Waals surface area contributed by atoms with Gasteiger partial charge in [-0.3, -0.25) is 9.78 Å². The normalized spacial score (nSPS) is 10.5. The second-order valence-electron chi connectivity index (χ2n) is 4.60. The van der Waals surface area contributed by atoms with E-state index in [2.05, 4.69) is 4.98 Å². The lowest BCUT2D eigenvalue weighted by molar-refractivity contribution is 0.111. The SMILES string of the molecule is O=Cc1cccc(Cl)c1OCc1ccc2ncccc2c1. The van der Waals surface area contributed by atoms with E-state index in [1.807, 2.05) is 30.3 Å². The number of aldehydes is 1. The first-order chi connectivity index (χ1) is 10.3. The summed E-state index contributed by atoms with van der Waals surface area (Å²) in [6.07, 6.45) is 2.50. The van der Waals surface area contributed by atoms with E-state index in [9.17, 15) is 4.79 Å². The van der Waals surface area contributed by atoms with Crippen LogP contribution in [0.1, 0.15) is 15.9 Å². The first-order valence-electron chi connectivity index (χ1n) is 6.48. The predicted molar refractivity (Wildman–Crippen MR) is 82.9 cm³/mol. The average molecular weight is 298 g/mol. The van der Waals surface area contributed by atoms with Crippen molar-refractivity contribution in [1.29, 1.82) is 0 Å². The molecule has 0 saturated heterocycles. The van der Waals surface area contributed by atoms with Crippen molar-refractivity contribution >= 4 is 28.8 Å². The number of halogens is 1. The molecular weight excluding hydrogens is 286 g/mol. The Balaban J connectivity index is 1.85. The molecule has 0 aliphatic carbocycles. The number of para-hydroxylation sites is 1. The highest BCUT2D eigenvalue weighted by atomic mass is 35.5. The standard InChI is InChI=1S/C17H12ClNO2/c18-15-5-1-3-14(10-20)17(15)21-11-12-6-7-16-13(9-12)4-2-8-19-16/h1-10H,11H2. The number of fused-ring (bicyclic) bond motifs is 1. The number of pyridine rings is 1. The summed E-state index contributed by atoms with van der Waals surface area (Å²) >= 11 is 6.08. The van der Waals surface area contributed by atoms with Crippen molar-refractivity contribution < 1.29 is 9.53 Å². The zero-order valence-corrected chi connectivity index (χ0v) is 11.9. The van der Waals surface area contributed by atoms with E-state index in [0.29, 0.717) is 22.9 Å². The van der Waals surface area contributed by atoms with Crippen LogP contribution in [0.2, 0.25) is 5.02 Å². The van der Waals surface area contributed by atoms with Crippen molar-refractivity contribution in [2.24, 2.45) is 0 Å². The Morgan fingerprint density at radius 3 is 2.90 bits per heavy atom. The van der Waals surface area contributed by atoms with E-state index in [1.54, 1.807) is 24.4 Å². The Labute approximate surface area is 127 Å². The minimum Gasteiger partial charge on any atom is -0.487 e. The first-order valence-corrected chi connectivity index (χ1v) is 6.86. The minimum atomic E-state index is 0.343. The van der Waals surface area contributed by atoms with Crippen LogP contribution in [0.5, 0.6) is 5.75 Å². The van der Waals surface area contributed by atoms with Crippen molar-refractivity contribution in [3.8, 4) is 5.75 Å². The Hall–Kier alpha value is -2.39. The fourth-order valence-electron chi connectivity index (χ4n) is 2.14. The van der Waals surface area contributed by atoms with E-state index in [-0.39, 0.29) is 0 Å². The molecule has 21 heavy (non-hydrogen) atoms. The molecule has 1 heterocycles. The van der Waals surface area contributed by atoms with E-state index in [4.69, 9.17) is 16.3 Å². The number of hydrogen-bond acceptors (Lipinski definition) is 3. The highest BCUT2D eigenvalue weighted by Crippen LogP contribution is 2.28. The van der Waals surface area contributed by atoms with Gasteiger partial charge < -0.3 is 4.74 Å². The monoisotopic (exact) mass is 297 g/mol. The van der Waals surface area contributed by atoms with Crippen LogP contribution < -0.4 is 4.74 Å². The van der Waals surface area contributed by atoms with Gasteiger partial charge in [0.1, 0.15) is 12.4 Å². The summed E-state index contributed by atoms with van der Waals surface area (Å²) in [6.45, 7) is 0.343. The molecule has 1 aromatic heterocycles. The largest absolute Gasteiger partial charge is 0.487 e. The molecule has 0 radical (unpaired) electrons. The van der Waals surface area contributed by atoms with Gasteiger partial charge in [0.05, 0.1) is 16.1 Å². The summed E-state index contributed by atoms with van der Waals surface area (Å²) < 4.78 is 5.71. The predicted octanol–water partition coefficient (Wildman–Crippen LogP) is 4.28. The van der Waals surface area contributed by atoms with Gasteiger partial charge in [0.2, 0.25) is 0 Å². The van der Waals surface area contributed by atoms with Gasteiger partial charge in [-0.15, -0.1) is 0 Å². The molecule has 0 N–H and O–H groups in total. The molecule has 0 fully saturated rings. The summed E-state index contributed by atoms with van der Waals surface area (Å²) in [7, 11) is 0. The third-order valence-electron chi connectivity index (χ3n) is 3.17. The van der Waals surface area contributed by atoms with Crippen molar-refractivity contribution in [3.63, 3.8) is 0 Å². The van der Waals surface area contributed by atoms with Gasteiger partial charge in [-0.1, -0.05) is 29.8 Å². The van der Waals surface area contributed by atoms with Gasteiger partial charge in [-0.25, -0.2) is 0 Å². The maximum atomic E-state index is 11.0. The Kier molecular flexibility index (Phi) is 3.84. The van der Waals surface area contributed by atoms with Gasteiger partial charge in [0, 0.05) is 11.6 Å². The third kappa shape index (κ3) is 2.88. The van der Waals surface area contributed by atoms with Gasteiger partial charge in [-0.05, 0) is 35.9 Å². The van der Waals surface area contributed by atoms with Crippen LogP contribution in [-0.2, 0) is 6.61 Å². The van der Waals surface area contributed by atoms with Crippen LogP contribution in [0.15, 0.2) is 54.7 Å². The Bertz CT molecular complexity index is 802. The van der Waals surface area contributed by atoms with Crippen LogP contribution in [-0.4, -0.2) is 11.3 Å². The average Bonchev–Trinajstić information content (AvgIpc) is 2.53. The number of rotatable bonds is 4. The quantitative estimate of drug-likeness (QED) is 0.675. The van der Waals surface area contributed by atoms with E-state index in [1.165, 1.54) is 0 Å². The van der Waals surface area contributed by atoms with Crippen molar-refractivity contribution in [3.05, 3.63) is 70.9 Å². The minimum absolute atomic E-state index is 0.343. The lowest BCUT2D eigenvalue weighted by Gasteiger charge is -2.10. The number of carbonyl (C=O) groups is 1. The molecular formula is C17H12ClNO2. The molecule has 0 bridgehead atoms. The molecule has 0 aliphatic rings. The third-order valence-corrected chi connectivity index (χ3v) is 3.47. The number of aromatic nitrogens is 1. The highest BCUT2D eigenvalue weighted by molar-refractivity contribution is 6.32. The van der Waals surface area contributed by atoms with Crippen LogP contribution >= 0.6 is 11.6 Å². The lowest BCUT2D eigenvalue weighted by atomic mass is 10.1. The maximum absolute atomic E-state index is 11.0. The fraction of sp³-hybridized carbons (Fsp3) is 0.0588. The smallest absolute Gasteiger partial charge is 0.153 e. The molecule has 4 heteroatoms. The van der Waals surface area contributed by atoms with E-state index >= 15 is 0 Å². The lowest BCUT2D eigenvalue weighted by Crippen LogP contribution is -1.99. The zero-order chi connectivity index (χ0) is 14.7. The van der Waals surface area contributed by atoms with Gasteiger partial charge in [-0.2, -0.15) is 0 Å². The number of ether oxygens (including phenoxy) is 1. The van der Waals surface area contributed by atoms with Crippen LogP contribution in [0, 0.1) is 0 Å². The molecule has 104 valence electrons. The number of benzene rings is 2. The first kappa shape index (κ1) is 13.6. The molecule has 3 nitrogen and oxygen atoms in total. The summed E-state index contributed by atoms with van der Waals surface area (Å²) in [5.41, 5.74) is 2.38. The van der Waals surface area contributed by atoms with Crippen LogP contribution in [0.3, 0.4) is 0 Å². The van der Waals surface area contributed by atoms with Gasteiger partial charge in [0.25, 0.3) is 0 Å². The van der Waals surface area contributed by atoms with Crippen LogP contribution in [0.25, 0.3) is 10.9 Å². The molecule has 0 atom stereocenters. The molecule has 0 saturated carbocycles. The van der Waals surface area contributed by atoms with Crippen molar-refractivity contribution in [2.45, 2.75) is 6.61 Å². The van der Waals surface area contributed by atoms with Gasteiger partial charge in [0.15, 0.2) is 6.29 Å². The van der Waals surface area contributed by atoms with Crippen molar-refractivity contribution in [2.75, 3.05) is 0 Å². The molecule has 0 unspecified atom stereocenters. The molecule has 3 aromatic rings. The van der Waals surface area contributed by atoms with Gasteiger partial charge >= 0.3 is 0 Å². The number of nitrogens with zero attached hydrogens (tertiary/aromatic N) is 1. The maximum Gasteiger partial charge on any atom is 0.153 e. The molecule has 0 aliphatic heterocycles. The molecule has 2 aromatic carbocycles. The molecule has 0 spiro atoms. The molecule has 0 amide bonds. The summed E-state index contributed by atoms with van der Waals surface area (Å²) in [4.78, 5) is 15.3. The van der Waals surface area contributed by atoms with Crippen LogP contribution in [0.4, 0.5) is 0 Å². The second-order valence-corrected chi connectivity index (χ2v) is 5.00. The Morgan fingerprint density at radius 1 is 1.14 bits per heavy atom. The summed E-state index contributed by atoms with van der Waals surface area (Å²) in [6, 6.07) is 14.9. The summed E-state index contributed by atoms with van der Waals surface area (Å²) in [5, 5.41) is 1.48. The summed E-state index contributed by atoms with van der Waals surface area (Å²) in [5.74, 6) is 0.417. The number of hydrogen-bond donors (Lipinski definition) is 0.